The maximum Gasteiger partial charge on any atom is 0.270 e. The Balaban J connectivity index is 1.82. The molecule has 1 fully saturated rings. The number of hydrogen-bond donors (Lipinski definition) is 2. The molecule has 2 aromatic rings. The third kappa shape index (κ3) is 2.75. The minimum atomic E-state index is -0.114. The van der Waals surface area contributed by atoms with E-state index in [0.29, 0.717) is 30.3 Å². The van der Waals surface area contributed by atoms with Crippen molar-refractivity contribution in [1.29, 1.82) is 0 Å². The van der Waals surface area contributed by atoms with E-state index in [2.05, 4.69) is 10.4 Å². The molecule has 23 heavy (non-hydrogen) atoms. The van der Waals surface area contributed by atoms with E-state index in [1.54, 1.807) is 11.3 Å². The van der Waals surface area contributed by atoms with E-state index < -0.39 is 0 Å². The molecule has 6 nitrogen and oxygen atoms in total. The van der Waals surface area contributed by atoms with Crippen LogP contribution in [0.15, 0.2) is 21.6 Å². The summed E-state index contributed by atoms with van der Waals surface area (Å²) in [5.41, 5.74) is 1.62. The molecule has 0 aromatic carbocycles. The average molecular weight is 351 g/mol. The first-order chi connectivity index (χ1) is 11.2. The number of ether oxygens (including phenoxy) is 1. The fourth-order valence-corrected chi connectivity index (χ4v) is 5.04. The number of hydrogen-bond acceptors (Lipinski definition) is 5. The quantitative estimate of drug-likeness (QED) is 0.871. The van der Waals surface area contributed by atoms with Gasteiger partial charge in [0.1, 0.15) is 5.82 Å². The van der Waals surface area contributed by atoms with Gasteiger partial charge in [-0.25, -0.2) is 0 Å². The second-order valence-electron chi connectivity index (χ2n) is 5.71. The van der Waals surface area contributed by atoms with Crippen molar-refractivity contribution in [2.45, 2.75) is 24.1 Å². The largest absolute Gasteiger partial charge is 0.381 e. The van der Waals surface area contributed by atoms with Crippen LogP contribution < -0.4 is 10.9 Å². The lowest BCUT2D eigenvalue weighted by atomic mass is 10.1. The number of nitrogens with zero attached hydrogens (tertiary/aromatic N) is 1. The van der Waals surface area contributed by atoms with Crippen LogP contribution in [0.25, 0.3) is 0 Å². The summed E-state index contributed by atoms with van der Waals surface area (Å²) < 4.78 is 7.25. The number of amides is 1. The Kier molecular flexibility index (Phi) is 4.04. The number of carbonyl (C=O) groups is 1. The van der Waals surface area contributed by atoms with Gasteiger partial charge in [0.05, 0.1) is 22.6 Å². The predicted octanol–water partition coefficient (Wildman–Crippen LogP) is 2.36. The molecule has 0 aliphatic carbocycles. The van der Waals surface area contributed by atoms with Crippen molar-refractivity contribution in [2.75, 3.05) is 24.3 Å². The Labute approximate surface area is 141 Å². The predicted molar refractivity (Wildman–Crippen MR) is 91.4 cm³/mol. The van der Waals surface area contributed by atoms with Crippen LogP contribution in [0.3, 0.4) is 0 Å². The summed E-state index contributed by atoms with van der Waals surface area (Å²) in [7, 11) is 0. The number of carbonyl (C=O) groups excluding carboxylic acids is 1. The molecular formula is C15H17N3O3S2. The molecule has 2 N–H and O–H groups in total. The van der Waals surface area contributed by atoms with Crippen molar-refractivity contribution in [1.82, 2.24) is 9.78 Å². The van der Waals surface area contributed by atoms with Crippen LogP contribution in [0.4, 0.5) is 5.82 Å². The summed E-state index contributed by atoms with van der Waals surface area (Å²) in [6.07, 6.45) is 1.67. The molecule has 2 aliphatic rings. The highest BCUT2D eigenvalue weighted by Gasteiger charge is 2.32. The van der Waals surface area contributed by atoms with Gasteiger partial charge in [0.25, 0.3) is 5.56 Å². The number of fused-ring (bicyclic) bond motifs is 1. The zero-order chi connectivity index (χ0) is 15.8. The monoisotopic (exact) mass is 351 g/mol. The topological polar surface area (TPSA) is 76.1 Å². The molecule has 2 aliphatic heterocycles. The Morgan fingerprint density at radius 2 is 2.09 bits per heavy atom. The second kappa shape index (κ2) is 6.18. The number of thiophene rings is 1. The summed E-state index contributed by atoms with van der Waals surface area (Å²) in [6.45, 7) is 1.35. The van der Waals surface area contributed by atoms with E-state index in [1.165, 1.54) is 11.8 Å². The summed E-state index contributed by atoms with van der Waals surface area (Å²) in [5.74, 6) is 0.921. The summed E-state index contributed by atoms with van der Waals surface area (Å²) in [5, 5.41) is 9.81. The van der Waals surface area contributed by atoms with Gasteiger partial charge in [-0.2, -0.15) is 11.3 Å². The zero-order valence-electron chi connectivity index (χ0n) is 12.4. The van der Waals surface area contributed by atoms with E-state index in [4.69, 9.17) is 4.74 Å². The molecule has 4 heterocycles. The lowest BCUT2D eigenvalue weighted by molar-refractivity contribution is -0.113. The van der Waals surface area contributed by atoms with Crippen molar-refractivity contribution in [3.05, 3.63) is 38.3 Å². The number of rotatable bonds is 2. The van der Waals surface area contributed by atoms with Gasteiger partial charge in [-0.05, 0) is 35.2 Å². The Morgan fingerprint density at radius 3 is 2.83 bits per heavy atom. The van der Waals surface area contributed by atoms with Crippen LogP contribution in [-0.4, -0.2) is 34.7 Å². The third-order valence-electron chi connectivity index (χ3n) is 4.27. The zero-order valence-corrected chi connectivity index (χ0v) is 14.0. The molecule has 4 rings (SSSR count). The van der Waals surface area contributed by atoms with E-state index in [0.717, 1.165) is 18.4 Å². The standard InChI is InChI=1S/C15H17N3O3S2/c19-11-8-23-13(9-3-6-22-7-9)12-14(16-11)18(17-15(12)20)10-1-4-21-5-2-10/h3,6-7,10,13H,1-2,4-5,8H2,(H,16,19)(H,17,20)/t13-/m1/s1. The van der Waals surface area contributed by atoms with Crippen molar-refractivity contribution < 1.29 is 9.53 Å². The molecule has 122 valence electrons. The first-order valence-electron chi connectivity index (χ1n) is 7.59. The lowest BCUT2D eigenvalue weighted by Gasteiger charge is -2.25. The van der Waals surface area contributed by atoms with Gasteiger partial charge >= 0.3 is 0 Å². The molecule has 0 unspecified atom stereocenters. The van der Waals surface area contributed by atoms with Crippen LogP contribution in [0.5, 0.6) is 0 Å². The molecule has 0 radical (unpaired) electrons. The normalized spacial score (nSPS) is 22.4. The number of nitrogens with one attached hydrogen (secondary N) is 2. The van der Waals surface area contributed by atoms with E-state index in [1.807, 2.05) is 21.5 Å². The average Bonchev–Trinajstić information content (AvgIpc) is 3.15. The van der Waals surface area contributed by atoms with Gasteiger partial charge in [0.15, 0.2) is 0 Å². The number of anilines is 1. The molecule has 0 bridgehead atoms. The highest BCUT2D eigenvalue weighted by molar-refractivity contribution is 8.00. The van der Waals surface area contributed by atoms with Gasteiger partial charge in [0, 0.05) is 13.2 Å². The number of aromatic amines is 1. The van der Waals surface area contributed by atoms with Crippen LogP contribution in [0, 0.1) is 0 Å². The van der Waals surface area contributed by atoms with Crippen LogP contribution in [0.2, 0.25) is 0 Å². The van der Waals surface area contributed by atoms with E-state index >= 15 is 0 Å². The Morgan fingerprint density at radius 1 is 1.26 bits per heavy atom. The minimum Gasteiger partial charge on any atom is -0.381 e. The number of thioether (sulfide) groups is 1. The van der Waals surface area contributed by atoms with Crippen LogP contribution >= 0.6 is 23.1 Å². The third-order valence-corrected chi connectivity index (χ3v) is 6.24. The number of H-pyrrole nitrogens is 1. The fourth-order valence-electron chi connectivity index (χ4n) is 3.15. The van der Waals surface area contributed by atoms with E-state index in [-0.39, 0.29) is 22.8 Å². The molecule has 1 amide bonds. The van der Waals surface area contributed by atoms with Crippen LogP contribution in [-0.2, 0) is 9.53 Å². The molecule has 1 atom stereocenters. The molecule has 2 aromatic heterocycles. The minimum absolute atomic E-state index is 0.0613. The van der Waals surface area contributed by atoms with Crippen molar-refractivity contribution in [2.24, 2.45) is 0 Å². The highest BCUT2D eigenvalue weighted by atomic mass is 32.2. The molecule has 1 saturated heterocycles. The molecular weight excluding hydrogens is 334 g/mol. The first kappa shape index (κ1) is 15.0. The van der Waals surface area contributed by atoms with E-state index in [9.17, 15) is 9.59 Å². The van der Waals surface area contributed by atoms with Gasteiger partial charge in [-0.1, -0.05) is 0 Å². The lowest BCUT2D eigenvalue weighted by Crippen LogP contribution is -2.24. The maximum absolute atomic E-state index is 12.6. The Bertz CT molecular complexity index is 760. The van der Waals surface area contributed by atoms with Crippen molar-refractivity contribution in [3.63, 3.8) is 0 Å². The maximum atomic E-state index is 12.6. The number of aromatic nitrogens is 2. The van der Waals surface area contributed by atoms with Gasteiger partial charge in [0.2, 0.25) is 5.91 Å². The summed E-state index contributed by atoms with van der Waals surface area (Å²) in [6, 6.07) is 2.18. The highest BCUT2D eigenvalue weighted by Crippen LogP contribution is 2.41. The van der Waals surface area contributed by atoms with Crippen molar-refractivity contribution in [3.8, 4) is 0 Å². The first-order valence-corrected chi connectivity index (χ1v) is 9.59. The second-order valence-corrected chi connectivity index (χ2v) is 7.59. The summed E-state index contributed by atoms with van der Waals surface area (Å²) >= 11 is 3.11. The van der Waals surface area contributed by atoms with Gasteiger partial charge in [-0.3, -0.25) is 19.4 Å². The summed E-state index contributed by atoms with van der Waals surface area (Å²) in [4.78, 5) is 24.7. The van der Waals surface area contributed by atoms with Gasteiger partial charge in [-0.15, -0.1) is 11.8 Å². The van der Waals surface area contributed by atoms with Gasteiger partial charge < -0.3 is 10.1 Å². The SMILES string of the molecule is O=C1CS[C@H](c2ccsc2)c2c(n(C3CCOCC3)[nH]c2=O)N1. The molecule has 0 saturated carbocycles. The van der Waals surface area contributed by atoms with Crippen LogP contribution in [0.1, 0.15) is 35.3 Å². The van der Waals surface area contributed by atoms with Crippen molar-refractivity contribution >= 4 is 34.8 Å². The fraction of sp³-hybridized carbons (Fsp3) is 0.467. The molecule has 8 heteroatoms. The molecule has 0 spiro atoms. The smallest absolute Gasteiger partial charge is 0.270 e. The Hall–Kier alpha value is -1.51.